The lowest BCUT2D eigenvalue weighted by Gasteiger charge is -2.08. The maximum atomic E-state index is 12.4. The molecule has 2 amide bonds. The Morgan fingerprint density at radius 3 is 2.41 bits per heavy atom. The molecule has 140 valence electrons. The highest BCUT2D eigenvalue weighted by Crippen LogP contribution is 2.29. The van der Waals surface area contributed by atoms with Gasteiger partial charge in [0.2, 0.25) is 0 Å². The molecule has 0 aliphatic carbocycles. The van der Waals surface area contributed by atoms with Gasteiger partial charge in [-0.15, -0.1) is 22.7 Å². The molecular weight excluding hydrogens is 467 g/mol. The summed E-state index contributed by atoms with van der Waals surface area (Å²) >= 11 is 5.43. The van der Waals surface area contributed by atoms with Gasteiger partial charge < -0.3 is 5.32 Å². The minimum absolute atomic E-state index is 0.0482. The van der Waals surface area contributed by atoms with Crippen LogP contribution in [-0.4, -0.2) is 23.0 Å². The number of carbonyl (C=O) groups is 2. The average Bonchev–Trinajstić information content (AvgIpc) is 3.24. The minimum atomic E-state index is -5.04. The highest BCUT2D eigenvalue weighted by Gasteiger charge is 2.39. The lowest BCUT2D eigenvalue weighted by Crippen LogP contribution is -2.30. The molecule has 0 atom stereocenters. The molecular formula is C16H9BrF3N3O2S2. The van der Waals surface area contributed by atoms with Gasteiger partial charge in [-0.3, -0.25) is 14.9 Å². The Hall–Kier alpha value is -2.24. The fourth-order valence-electron chi connectivity index (χ4n) is 2.01. The first-order valence-electron chi connectivity index (χ1n) is 7.22. The van der Waals surface area contributed by atoms with Crippen molar-refractivity contribution in [1.29, 1.82) is 0 Å². The fraction of sp³-hybridized carbons (Fsp3) is 0.0625. The zero-order chi connectivity index (χ0) is 19.6. The highest BCUT2D eigenvalue weighted by molar-refractivity contribution is 9.10. The van der Waals surface area contributed by atoms with E-state index in [0.29, 0.717) is 10.8 Å². The van der Waals surface area contributed by atoms with E-state index in [9.17, 15) is 22.8 Å². The van der Waals surface area contributed by atoms with Crippen molar-refractivity contribution >= 4 is 61.2 Å². The molecule has 2 N–H and O–H groups in total. The van der Waals surface area contributed by atoms with Crippen LogP contribution in [0.3, 0.4) is 0 Å². The molecule has 27 heavy (non-hydrogen) atoms. The van der Waals surface area contributed by atoms with Crippen LogP contribution in [0.25, 0.3) is 11.3 Å². The van der Waals surface area contributed by atoms with Crippen LogP contribution < -0.4 is 10.6 Å². The summed E-state index contributed by atoms with van der Waals surface area (Å²) in [7, 11) is 0. The number of nitrogens with zero attached hydrogens (tertiary/aromatic N) is 1. The van der Waals surface area contributed by atoms with Crippen LogP contribution >= 0.6 is 38.6 Å². The van der Waals surface area contributed by atoms with Crippen LogP contribution in [0.1, 0.15) is 9.67 Å². The standard InChI is InChI=1S/C16H9BrF3N3O2S2/c17-9-3-1-8(2-4-9)11-7-27-15(22-11)23-13(24)12-10(5-6-26-12)21-14(25)16(18,19)20/h1-7H,(H,21,25)(H,22,23,24). The molecule has 3 rings (SSSR count). The Balaban J connectivity index is 1.73. The number of hydrogen-bond acceptors (Lipinski definition) is 5. The Kier molecular flexibility index (Phi) is 5.63. The van der Waals surface area contributed by atoms with Crippen LogP contribution in [0.4, 0.5) is 24.0 Å². The molecule has 5 nitrogen and oxygen atoms in total. The van der Waals surface area contributed by atoms with Crippen LogP contribution in [0, 0.1) is 0 Å². The molecule has 3 aromatic rings. The number of halogens is 4. The average molecular weight is 476 g/mol. The van der Waals surface area contributed by atoms with Gasteiger partial charge in [-0.2, -0.15) is 13.2 Å². The molecule has 0 radical (unpaired) electrons. The predicted molar refractivity (Wildman–Crippen MR) is 102 cm³/mol. The van der Waals surface area contributed by atoms with Crippen molar-refractivity contribution in [2.75, 3.05) is 10.6 Å². The molecule has 0 saturated heterocycles. The van der Waals surface area contributed by atoms with Gasteiger partial charge in [-0.25, -0.2) is 4.98 Å². The van der Waals surface area contributed by atoms with Gasteiger partial charge in [0.25, 0.3) is 5.91 Å². The van der Waals surface area contributed by atoms with Crippen LogP contribution in [-0.2, 0) is 4.79 Å². The second-order valence-electron chi connectivity index (χ2n) is 5.11. The van der Waals surface area contributed by atoms with E-state index in [1.165, 1.54) is 22.8 Å². The number of carbonyl (C=O) groups excluding carboxylic acids is 2. The second kappa shape index (κ2) is 7.79. The number of nitrogens with one attached hydrogen (secondary N) is 2. The Labute approximate surface area is 167 Å². The summed E-state index contributed by atoms with van der Waals surface area (Å²) in [6.45, 7) is 0. The molecule has 2 heterocycles. The normalized spacial score (nSPS) is 11.3. The molecule has 11 heteroatoms. The van der Waals surface area contributed by atoms with E-state index in [1.807, 2.05) is 24.3 Å². The third kappa shape index (κ3) is 4.73. The predicted octanol–water partition coefficient (Wildman–Crippen LogP) is 5.39. The number of aromatic nitrogens is 1. The summed E-state index contributed by atoms with van der Waals surface area (Å²) in [6, 6.07) is 8.66. The summed E-state index contributed by atoms with van der Waals surface area (Å²) in [5.41, 5.74) is 1.30. The van der Waals surface area contributed by atoms with E-state index in [0.717, 1.165) is 21.4 Å². The lowest BCUT2D eigenvalue weighted by atomic mass is 10.2. The minimum Gasteiger partial charge on any atom is -0.317 e. The van der Waals surface area contributed by atoms with Crippen LogP contribution in [0.5, 0.6) is 0 Å². The SMILES string of the molecule is O=C(Nc1nc(-c2ccc(Br)cc2)cs1)c1sccc1NC(=O)C(F)(F)F. The number of benzene rings is 1. The molecule has 0 fully saturated rings. The largest absolute Gasteiger partial charge is 0.471 e. The van der Waals surface area contributed by atoms with Crippen molar-refractivity contribution in [3.05, 3.63) is 50.4 Å². The number of thiazole rings is 1. The van der Waals surface area contributed by atoms with Crippen molar-refractivity contribution in [3.8, 4) is 11.3 Å². The van der Waals surface area contributed by atoms with Crippen molar-refractivity contribution in [3.63, 3.8) is 0 Å². The number of amides is 2. The van der Waals surface area contributed by atoms with Gasteiger partial charge in [0.15, 0.2) is 5.13 Å². The molecule has 1 aromatic carbocycles. The summed E-state index contributed by atoms with van der Waals surface area (Å²) in [5, 5.41) is 7.69. The Morgan fingerprint density at radius 2 is 1.74 bits per heavy atom. The fourth-order valence-corrected chi connectivity index (χ4v) is 3.74. The van der Waals surface area contributed by atoms with Gasteiger partial charge in [0, 0.05) is 15.4 Å². The number of thiophene rings is 1. The van der Waals surface area contributed by atoms with Crippen LogP contribution in [0.15, 0.2) is 45.6 Å². The topological polar surface area (TPSA) is 71.1 Å². The monoisotopic (exact) mass is 475 g/mol. The van der Waals surface area contributed by atoms with Crippen molar-refractivity contribution < 1.29 is 22.8 Å². The van der Waals surface area contributed by atoms with Gasteiger partial charge in [0.05, 0.1) is 11.4 Å². The third-order valence-electron chi connectivity index (χ3n) is 3.24. The zero-order valence-corrected chi connectivity index (χ0v) is 16.4. The highest BCUT2D eigenvalue weighted by atomic mass is 79.9. The van der Waals surface area contributed by atoms with Gasteiger partial charge >= 0.3 is 12.1 Å². The summed E-state index contributed by atoms with van der Waals surface area (Å²) in [5.74, 6) is -2.79. The number of anilines is 2. The zero-order valence-electron chi connectivity index (χ0n) is 13.1. The maximum absolute atomic E-state index is 12.4. The first kappa shape index (κ1) is 19.5. The van der Waals surface area contributed by atoms with Gasteiger partial charge in [-0.05, 0) is 23.6 Å². The smallest absolute Gasteiger partial charge is 0.317 e. The number of hydrogen-bond donors (Lipinski definition) is 2. The number of rotatable bonds is 4. The van der Waals surface area contributed by atoms with Crippen molar-refractivity contribution in [2.45, 2.75) is 6.18 Å². The van der Waals surface area contributed by atoms with E-state index in [2.05, 4.69) is 26.2 Å². The van der Waals surface area contributed by atoms with E-state index in [4.69, 9.17) is 0 Å². The van der Waals surface area contributed by atoms with E-state index >= 15 is 0 Å². The summed E-state index contributed by atoms with van der Waals surface area (Å²) in [4.78, 5) is 27.7. The third-order valence-corrected chi connectivity index (χ3v) is 5.44. The van der Waals surface area contributed by atoms with E-state index in [-0.39, 0.29) is 10.6 Å². The van der Waals surface area contributed by atoms with Gasteiger partial charge in [0.1, 0.15) is 4.88 Å². The maximum Gasteiger partial charge on any atom is 0.471 e. The summed E-state index contributed by atoms with van der Waals surface area (Å²) in [6.07, 6.45) is -5.04. The number of alkyl halides is 3. The van der Waals surface area contributed by atoms with Gasteiger partial charge in [-0.1, -0.05) is 28.1 Å². The molecule has 0 saturated carbocycles. The molecule has 0 bridgehead atoms. The van der Waals surface area contributed by atoms with Crippen LogP contribution in [0.2, 0.25) is 0 Å². The molecule has 2 aromatic heterocycles. The van der Waals surface area contributed by atoms with E-state index in [1.54, 1.807) is 10.7 Å². The first-order chi connectivity index (χ1) is 12.7. The molecule has 0 aliphatic heterocycles. The van der Waals surface area contributed by atoms with E-state index < -0.39 is 18.0 Å². The Bertz CT molecular complexity index is 983. The lowest BCUT2D eigenvalue weighted by molar-refractivity contribution is -0.167. The Morgan fingerprint density at radius 1 is 1.04 bits per heavy atom. The molecule has 0 spiro atoms. The molecule has 0 aliphatic rings. The van der Waals surface area contributed by atoms with Crippen molar-refractivity contribution in [2.24, 2.45) is 0 Å². The quantitative estimate of drug-likeness (QED) is 0.531. The molecule has 0 unspecified atom stereocenters. The first-order valence-corrected chi connectivity index (χ1v) is 9.78. The second-order valence-corrected chi connectivity index (χ2v) is 7.80. The van der Waals surface area contributed by atoms with Crippen molar-refractivity contribution in [1.82, 2.24) is 4.98 Å². The summed E-state index contributed by atoms with van der Waals surface area (Å²) < 4.78 is 38.1.